The molecule has 2 aromatic carbocycles. The van der Waals surface area contributed by atoms with E-state index >= 15 is 0 Å². The lowest BCUT2D eigenvalue weighted by Gasteiger charge is -2.24. The summed E-state index contributed by atoms with van der Waals surface area (Å²) in [7, 11) is -4.10. The van der Waals surface area contributed by atoms with Crippen molar-refractivity contribution in [2.45, 2.75) is 4.90 Å². The van der Waals surface area contributed by atoms with E-state index in [0.29, 0.717) is 5.02 Å². The van der Waals surface area contributed by atoms with Crippen molar-refractivity contribution in [1.29, 1.82) is 0 Å². The Kier molecular flexibility index (Phi) is 5.95. The van der Waals surface area contributed by atoms with E-state index in [0.717, 1.165) is 4.31 Å². The zero-order valence-corrected chi connectivity index (χ0v) is 15.1. The first-order chi connectivity index (χ1) is 11.3. The lowest BCUT2D eigenvalue weighted by atomic mass is 10.3. The van der Waals surface area contributed by atoms with Crippen LogP contribution in [-0.4, -0.2) is 20.9 Å². The summed E-state index contributed by atoms with van der Waals surface area (Å²) < 4.78 is 26.7. The molecule has 0 saturated heterocycles. The SMILES string of the molecule is NNC(=O)CN(c1cc(Cl)ccc1Cl)S(=O)(=O)c1ccc(Cl)cc1. The molecule has 0 saturated carbocycles. The van der Waals surface area contributed by atoms with Crippen LogP contribution < -0.4 is 15.6 Å². The van der Waals surface area contributed by atoms with Crippen LogP contribution in [0.25, 0.3) is 0 Å². The molecule has 0 aliphatic carbocycles. The van der Waals surface area contributed by atoms with E-state index in [1.165, 1.54) is 42.5 Å². The summed E-state index contributed by atoms with van der Waals surface area (Å²) >= 11 is 17.8. The normalized spacial score (nSPS) is 11.2. The first kappa shape index (κ1) is 18.8. The van der Waals surface area contributed by atoms with Crippen molar-refractivity contribution in [3.8, 4) is 0 Å². The molecular weight excluding hydrogens is 397 g/mol. The minimum Gasteiger partial charge on any atom is -0.293 e. The molecular formula is C14H12Cl3N3O3S. The summed E-state index contributed by atoms with van der Waals surface area (Å²) in [5.74, 6) is 4.35. The van der Waals surface area contributed by atoms with Crippen LogP contribution in [0.2, 0.25) is 15.1 Å². The maximum absolute atomic E-state index is 12.9. The van der Waals surface area contributed by atoms with Gasteiger partial charge in [-0.1, -0.05) is 34.8 Å². The van der Waals surface area contributed by atoms with E-state index in [-0.39, 0.29) is 20.6 Å². The molecule has 0 unspecified atom stereocenters. The van der Waals surface area contributed by atoms with E-state index in [9.17, 15) is 13.2 Å². The molecule has 6 nitrogen and oxygen atoms in total. The lowest BCUT2D eigenvalue weighted by molar-refractivity contribution is -0.119. The maximum Gasteiger partial charge on any atom is 0.264 e. The highest BCUT2D eigenvalue weighted by Crippen LogP contribution is 2.33. The number of carbonyl (C=O) groups is 1. The van der Waals surface area contributed by atoms with Crippen LogP contribution in [0.4, 0.5) is 5.69 Å². The van der Waals surface area contributed by atoms with Crippen molar-refractivity contribution in [1.82, 2.24) is 5.43 Å². The van der Waals surface area contributed by atoms with Gasteiger partial charge in [-0.05, 0) is 42.5 Å². The summed E-state index contributed by atoms with van der Waals surface area (Å²) in [5, 5.41) is 0.751. The molecule has 0 heterocycles. The van der Waals surface area contributed by atoms with Gasteiger partial charge in [-0.3, -0.25) is 14.5 Å². The van der Waals surface area contributed by atoms with Gasteiger partial charge in [0, 0.05) is 10.0 Å². The number of nitrogens with one attached hydrogen (secondary N) is 1. The Labute approximate surface area is 154 Å². The number of rotatable bonds is 5. The Morgan fingerprint density at radius 1 is 1.04 bits per heavy atom. The van der Waals surface area contributed by atoms with Crippen LogP contribution in [0.5, 0.6) is 0 Å². The van der Waals surface area contributed by atoms with E-state index in [4.69, 9.17) is 40.6 Å². The van der Waals surface area contributed by atoms with Crippen LogP contribution >= 0.6 is 34.8 Å². The highest BCUT2D eigenvalue weighted by atomic mass is 35.5. The van der Waals surface area contributed by atoms with Gasteiger partial charge in [-0.2, -0.15) is 0 Å². The van der Waals surface area contributed by atoms with Crippen molar-refractivity contribution >= 4 is 56.4 Å². The average molecular weight is 409 g/mol. The summed E-state index contributed by atoms with van der Waals surface area (Å²) in [4.78, 5) is 11.6. The molecule has 0 spiro atoms. The number of carbonyl (C=O) groups excluding carboxylic acids is 1. The monoisotopic (exact) mass is 407 g/mol. The summed E-state index contributed by atoms with van der Waals surface area (Å²) in [5.41, 5.74) is 1.95. The second kappa shape index (κ2) is 7.58. The third-order valence-corrected chi connectivity index (χ3v) is 5.61. The first-order valence-corrected chi connectivity index (χ1v) is 9.06. The highest BCUT2D eigenvalue weighted by Gasteiger charge is 2.28. The van der Waals surface area contributed by atoms with E-state index in [1.54, 1.807) is 0 Å². The van der Waals surface area contributed by atoms with Gasteiger partial charge in [0.05, 0.1) is 15.6 Å². The zero-order valence-electron chi connectivity index (χ0n) is 12.0. The molecule has 0 radical (unpaired) electrons. The first-order valence-electron chi connectivity index (χ1n) is 6.48. The van der Waals surface area contributed by atoms with Gasteiger partial charge in [0.1, 0.15) is 6.54 Å². The third-order valence-electron chi connectivity index (χ3n) is 3.03. The number of hydrogen-bond acceptors (Lipinski definition) is 4. The van der Waals surface area contributed by atoms with Crippen LogP contribution in [0.15, 0.2) is 47.4 Å². The van der Waals surface area contributed by atoms with E-state index in [1.807, 2.05) is 5.43 Å². The Bertz CT molecular complexity index is 857. The molecule has 0 atom stereocenters. The standard InChI is InChI=1S/C14H12Cl3N3O3S/c15-9-1-4-11(5-2-9)24(22,23)20(8-14(21)19-18)13-7-10(16)3-6-12(13)17/h1-7H,8,18H2,(H,19,21). The maximum atomic E-state index is 12.9. The lowest BCUT2D eigenvalue weighted by Crippen LogP contribution is -2.43. The summed E-state index contributed by atoms with van der Waals surface area (Å²) in [6.07, 6.45) is 0. The number of halogens is 3. The Hall–Kier alpha value is -1.51. The number of sulfonamides is 1. The van der Waals surface area contributed by atoms with Gasteiger partial charge in [-0.25, -0.2) is 14.3 Å². The fourth-order valence-electron chi connectivity index (χ4n) is 1.89. The second-order valence-corrected chi connectivity index (χ2v) is 7.77. The predicted octanol–water partition coefficient (Wildman–Crippen LogP) is 2.83. The minimum atomic E-state index is -4.10. The number of benzene rings is 2. The molecule has 10 heteroatoms. The molecule has 2 rings (SSSR count). The molecule has 128 valence electrons. The topological polar surface area (TPSA) is 92.5 Å². The molecule has 0 aliphatic heterocycles. The molecule has 0 aromatic heterocycles. The molecule has 3 N–H and O–H groups in total. The van der Waals surface area contributed by atoms with Gasteiger partial charge in [-0.15, -0.1) is 0 Å². The van der Waals surface area contributed by atoms with Gasteiger partial charge < -0.3 is 0 Å². The number of nitrogens with two attached hydrogens (primary N) is 1. The van der Waals surface area contributed by atoms with Crippen molar-refractivity contribution in [3.63, 3.8) is 0 Å². The Balaban J connectivity index is 2.59. The smallest absolute Gasteiger partial charge is 0.264 e. The van der Waals surface area contributed by atoms with Crippen molar-refractivity contribution < 1.29 is 13.2 Å². The van der Waals surface area contributed by atoms with Gasteiger partial charge >= 0.3 is 0 Å². The zero-order chi connectivity index (χ0) is 17.9. The van der Waals surface area contributed by atoms with E-state index in [2.05, 4.69) is 0 Å². The van der Waals surface area contributed by atoms with Gasteiger partial charge in [0.2, 0.25) is 0 Å². The average Bonchev–Trinajstić information content (AvgIpc) is 2.55. The molecule has 0 bridgehead atoms. The minimum absolute atomic E-state index is 0.0581. The summed E-state index contributed by atoms with van der Waals surface area (Å²) in [6, 6.07) is 9.78. The van der Waals surface area contributed by atoms with Crippen LogP contribution in [0, 0.1) is 0 Å². The van der Waals surface area contributed by atoms with Crippen molar-refractivity contribution in [2.24, 2.45) is 5.84 Å². The third kappa shape index (κ3) is 4.12. The second-order valence-electron chi connectivity index (χ2n) is 4.63. The van der Waals surface area contributed by atoms with Crippen LogP contribution in [0.3, 0.4) is 0 Å². The fraction of sp³-hybridized carbons (Fsp3) is 0.0714. The van der Waals surface area contributed by atoms with Crippen molar-refractivity contribution in [2.75, 3.05) is 10.8 Å². The highest BCUT2D eigenvalue weighted by molar-refractivity contribution is 7.92. The number of hydrazine groups is 1. The predicted molar refractivity (Wildman–Crippen MR) is 94.8 cm³/mol. The number of hydrogen-bond donors (Lipinski definition) is 2. The Morgan fingerprint density at radius 2 is 1.62 bits per heavy atom. The molecule has 24 heavy (non-hydrogen) atoms. The quantitative estimate of drug-likeness (QED) is 0.452. The van der Waals surface area contributed by atoms with E-state index < -0.39 is 22.5 Å². The van der Waals surface area contributed by atoms with Gasteiger partial charge in [0.25, 0.3) is 15.9 Å². The van der Waals surface area contributed by atoms with Crippen molar-refractivity contribution in [3.05, 3.63) is 57.5 Å². The molecule has 0 aliphatic rings. The fourth-order valence-corrected chi connectivity index (χ4v) is 3.88. The van der Waals surface area contributed by atoms with Gasteiger partial charge in [0.15, 0.2) is 0 Å². The molecule has 0 fully saturated rings. The summed E-state index contributed by atoms with van der Waals surface area (Å²) in [6.45, 7) is -0.568. The number of anilines is 1. The Morgan fingerprint density at radius 3 is 2.21 bits per heavy atom. The van der Waals surface area contributed by atoms with Crippen LogP contribution in [-0.2, 0) is 14.8 Å². The number of amides is 1. The van der Waals surface area contributed by atoms with Crippen LogP contribution in [0.1, 0.15) is 0 Å². The molecule has 2 aromatic rings. The molecule has 1 amide bonds. The number of nitrogens with zero attached hydrogens (tertiary/aromatic N) is 1. The largest absolute Gasteiger partial charge is 0.293 e.